The van der Waals surface area contributed by atoms with Crippen LogP contribution in [0.5, 0.6) is 0 Å². The average Bonchev–Trinajstić information content (AvgIpc) is 2.83. The van der Waals surface area contributed by atoms with Gasteiger partial charge in [0.05, 0.1) is 23.5 Å². The van der Waals surface area contributed by atoms with E-state index in [4.69, 9.17) is 10.5 Å². The SMILES string of the molecule is CCOC(=O)c1ccc(NCc2ccc(C)s2)c(N)c1. The molecule has 1 heterocycles. The van der Waals surface area contributed by atoms with E-state index in [1.54, 1.807) is 30.4 Å². The van der Waals surface area contributed by atoms with Gasteiger partial charge in [-0.25, -0.2) is 4.79 Å². The molecule has 3 N–H and O–H groups in total. The Morgan fingerprint density at radius 3 is 2.75 bits per heavy atom. The second-order valence-electron chi connectivity index (χ2n) is 4.39. The van der Waals surface area contributed by atoms with Crippen molar-refractivity contribution in [3.8, 4) is 0 Å². The predicted octanol–water partition coefficient (Wildman–Crippen LogP) is 3.43. The van der Waals surface area contributed by atoms with Crippen molar-refractivity contribution in [3.63, 3.8) is 0 Å². The van der Waals surface area contributed by atoms with Gasteiger partial charge in [0.25, 0.3) is 0 Å². The maximum Gasteiger partial charge on any atom is 0.338 e. The van der Waals surface area contributed by atoms with Crippen LogP contribution in [-0.2, 0) is 11.3 Å². The lowest BCUT2D eigenvalue weighted by molar-refractivity contribution is 0.0526. The monoisotopic (exact) mass is 290 g/mol. The molecule has 20 heavy (non-hydrogen) atoms. The highest BCUT2D eigenvalue weighted by Crippen LogP contribution is 2.23. The molecule has 1 aromatic heterocycles. The van der Waals surface area contributed by atoms with E-state index in [2.05, 4.69) is 24.4 Å². The largest absolute Gasteiger partial charge is 0.462 e. The van der Waals surface area contributed by atoms with Crippen LogP contribution in [0.25, 0.3) is 0 Å². The number of carbonyl (C=O) groups is 1. The van der Waals surface area contributed by atoms with Gasteiger partial charge in [-0.05, 0) is 44.2 Å². The summed E-state index contributed by atoms with van der Waals surface area (Å²) in [5.41, 5.74) is 7.80. The van der Waals surface area contributed by atoms with Gasteiger partial charge in [0.15, 0.2) is 0 Å². The zero-order valence-electron chi connectivity index (χ0n) is 11.6. The van der Waals surface area contributed by atoms with Crippen LogP contribution in [0.15, 0.2) is 30.3 Å². The Hall–Kier alpha value is -2.01. The Kier molecular flexibility index (Phi) is 4.63. The average molecular weight is 290 g/mol. The van der Waals surface area contributed by atoms with E-state index in [0.29, 0.717) is 17.9 Å². The fourth-order valence-corrected chi connectivity index (χ4v) is 2.66. The van der Waals surface area contributed by atoms with Crippen molar-refractivity contribution in [2.24, 2.45) is 0 Å². The number of nitrogen functional groups attached to an aromatic ring is 1. The van der Waals surface area contributed by atoms with Crippen LogP contribution in [0.1, 0.15) is 27.0 Å². The van der Waals surface area contributed by atoms with Crippen LogP contribution >= 0.6 is 11.3 Å². The number of nitrogens with one attached hydrogen (secondary N) is 1. The topological polar surface area (TPSA) is 64.3 Å². The summed E-state index contributed by atoms with van der Waals surface area (Å²) in [5.74, 6) is -0.348. The number of carbonyl (C=O) groups excluding carboxylic acids is 1. The van der Waals surface area contributed by atoms with Crippen LogP contribution in [0.3, 0.4) is 0 Å². The summed E-state index contributed by atoms with van der Waals surface area (Å²) in [4.78, 5) is 14.1. The van der Waals surface area contributed by atoms with Crippen molar-refractivity contribution in [2.45, 2.75) is 20.4 Å². The van der Waals surface area contributed by atoms with Crippen molar-refractivity contribution in [1.29, 1.82) is 0 Å². The molecule has 0 aliphatic rings. The fraction of sp³-hybridized carbons (Fsp3) is 0.267. The number of thiophene rings is 1. The molecule has 2 rings (SSSR count). The van der Waals surface area contributed by atoms with Gasteiger partial charge in [0.2, 0.25) is 0 Å². The molecule has 0 atom stereocenters. The van der Waals surface area contributed by atoms with E-state index >= 15 is 0 Å². The summed E-state index contributed by atoms with van der Waals surface area (Å²) >= 11 is 1.75. The smallest absolute Gasteiger partial charge is 0.338 e. The summed E-state index contributed by atoms with van der Waals surface area (Å²) in [6.07, 6.45) is 0. The molecule has 2 aromatic rings. The normalized spacial score (nSPS) is 10.3. The highest BCUT2D eigenvalue weighted by atomic mass is 32.1. The molecule has 0 unspecified atom stereocenters. The molecule has 0 spiro atoms. The summed E-state index contributed by atoms with van der Waals surface area (Å²) in [5, 5.41) is 3.27. The molecule has 1 aromatic carbocycles. The zero-order chi connectivity index (χ0) is 14.5. The number of rotatable bonds is 5. The minimum absolute atomic E-state index is 0.348. The number of ether oxygens (including phenoxy) is 1. The van der Waals surface area contributed by atoms with Gasteiger partial charge in [0, 0.05) is 16.3 Å². The second-order valence-corrected chi connectivity index (χ2v) is 5.76. The van der Waals surface area contributed by atoms with E-state index < -0.39 is 0 Å². The number of hydrogen-bond acceptors (Lipinski definition) is 5. The summed E-state index contributed by atoms with van der Waals surface area (Å²) in [7, 11) is 0. The standard InChI is InChI=1S/C15H18N2O2S/c1-3-19-15(18)11-5-7-14(13(16)8-11)17-9-12-6-4-10(2)20-12/h4-8,17H,3,9,16H2,1-2H3. The molecule has 4 nitrogen and oxygen atoms in total. The number of benzene rings is 1. The van der Waals surface area contributed by atoms with E-state index in [0.717, 1.165) is 12.2 Å². The lowest BCUT2D eigenvalue weighted by Crippen LogP contribution is -2.07. The third-order valence-electron chi connectivity index (χ3n) is 2.81. The number of esters is 1. The molecule has 0 bridgehead atoms. The van der Waals surface area contributed by atoms with E-state index in [-0.39, 0.29) is 5.97 Å². The molecule has 0 aliphatic heterocycles. The molecule has 106 valence electrons. The molecule has 0 saturated carbocycles. The van der Waals surface area contributed by atoms with Crippen LogP contribution in [0.2, 0.25) is 0 Å². The Labute approximate surface area is 122 Å². The van der Waals surface area contributed by atoms with E-state index in [1.165, 1.54) is 9.75 Å². The van der Waals surface area contributed by atoms with Gasteiger partial charge in [-0.3, -0.25) is 0 Å². The lowest BCUT2D eigenvalue weighted by atomic mass is 10.1. The summed E-state index contributed by atoms with van der Waals surface area (Å²) in [6.45, 7) is 4.94. The van der Waals surface area contributed by atoms with E-state index in [9.17, 15) is 4.79 Å². The summed E-state index contributed by atoms with van der Waals surface area (Å²) in [6, 6.07) is 9.35. The number of nitrogens with two attached hydrogens (primary N) is 1. The highest BCUT2D eigenvalue weighted by Gasteiger charge is 2.09. The van der Waals surface area contributed by atoms with Crippen molar-refractivity contribution in [3.05, 3.63) is 45.6 Å². The van der Waals surface area contributed by atoms with Crippen LogP contribution in [0, 0.1) is 6.92 Å². The molecule has 0 aliphatic carbocycles. The Balaban J connectivity index is 2.04. The van der Waals surface area contributed by atoms with Crippen molar-refractivity contribution in [2.75, 3.05) is 17.7 Å². The predicted molar refractivity (Wildman–Crippen MR) is 83.2 cm³/mol. The van der Waals surface area contributed by atoms with Crippen LogP contribution < -0.4 is 11.1 Å². The third-order valence-corrected chi connectivity index (χ3v) is 3.81. The van der Waals surface area contributed by atoms with Crippen molar-refractivity contribution < 1.29 is 9.53 Å². The number of hydrogen-bond donors (Lipinski definition) is 2. The molecular weight excluding hydrogens is 272 g/mol. The molecule has 5 heteroatoms. The zero-order valence-corrected chi connectivity index (χ0v) is 12.4. The minimum atomic E-state index is -0.348. The Morgan fingerprint density at radius 2 is 2.15 bits per heavy atom. The van der Waals surface area contributed by atoms with Gasteiger partial charge in [0.1, 0.15) is 0 Å². The highest BCUT2D eigenvalue weighted by molar-refractivity contribution is 7.11. The fourth-order valence-electron chi connectivity index (χ4n) is 1.83. The first-order valence-corrected chi connectivity index (χ1v) is 7.27. The third kappa shape index (κ3) is 3.51. The molecule has 0 radical (unpaired) electrons. The van der Waals surface area contributed by atoms with Crippen LogP contribution in [0.4, 0.5) is 11.4 Å². The Bertz CT molecular complexity index is 608. The Morgan fingerprint density at radius 1 is 1.35 bits per heavy atom. The van der Waals surface area contributed by atoms with Gasteiger partial charge in [-0.15, -0.1) is 11.3 Å². The number of anilines is 2. The molecule has 0 amide bonds. The maximum atomic E-state index is 11.6. The lowest BCUT2D eigenvalue weighted by Gasteiger charge is -2.10. The molecular formula is C15H18N2O2S. The maximum absolute atomic E-state index is 11.6. The van der Waals surface area contributed by atoms with Gasteiger partial charge < -0.3 is 15.8 Å². The molecule has 0 saturated heterocycles. The van der Waals surface area contributed by atoms with Gasteiger partial charge in [-0.2, -0.15) is 0 Å². The van der Waals surface area contributed by atoms with Gasteiger partial charge >= 0.3 is 5.97 Å². The van der Waals surface area contributed by atoms with E-state index in [1.807, 2.05) is 6.07 Å². The number of aryl methyl sites for hydroxylation is 1. The summed E-state index contributed by atoms with van der Waals surface area (Å²) < 4.78 is 4.94. The van der Waals surface area contributed by atoms with Crippen molar-refractivity contribution in [1.82, 2.24) is 0 Å². The minimum Gasteiger partial charge on any atom is -0.462 e. The quantitative estimate of drug-likeness (QED) is 0.654. The second kappa shape index (κ2) is 6.43. The first kappa shape index (κ1) is 14.4. The van der Waals surface area contributed by atoms with Crippen LogP contribution in [-0.4, -0.2) is 12.6 Å². The molecule has 0 fully saturated rings. The first-order chi connectivity index (χ1) is 9.60. The van der Waals surface area contributed by atoms with Gasteiger partial charge in [-0.1, -0.05) is 0 Å². The first-order valence-electron chi connectivity index (χ1n) is 6.46. The van der Waals surface area contributed by atoms with Crippen molar-refractivity contribution >= 4 is 28.7 Å².